The van der Waals surface area contributed by atoms with E-state index in [1.807, 2.05) is 6.92 Å². The van der Waals surface area contributed by atoms with E-state index in [2.05, 4.69) is 4.98 Å². The summed E-state index contributed by atoms with van der Waals surface area (Å²) >= 11 is 0. The Bertz CT molecular complexity index is 509. The average molecular weight is 248 g/mol. The quantitative estimate of drug-likeness (QED) is 0.791. The smallest absolute Gasteiger partial charge is 0.354 e. The first-order valence-corrected chi connectivity index (χ1v) is 5.55. The minimum atomic E-state index is -1.19. The molecule has 1 aliphatic rings. The lowest BCUT2D eigenvalue weighted by atomic mass is 9.98. The molecule has 6 nitrogen and oxygen atoms in total. The fourth-order valence-electron chi connectivity index (χ4n) is 1.91. The largest absolute Gasteiger partial charge is 0.477 e. The summed E-state index contributed by atoms with van der Waals surface area (Å²) in [6, 6.07) is 4.23. The molecule has 1 aromatic heterocycles. The molecule has 0 aromatic carbocycles. The van der Waals surface area contributed by atoms with Gasteiger partial charge in [0.1, 0.15) is 5.82 Å². The van der Waals surface area contributed by atoms with Crippen LogP contribution in [0.1, 0.15) is 30.3 Å². The van der Waals surface area contributed by atoms with Crippen molar-refractivity contribution in [3.05, 3.63) is 23.9 Å². The number of aromatic carboxylic acids is 1. The minimum absolute atomic E-state index is 0.0175. The number of piperidine rings is 1. The van der Waals surface area contributed by atoms with Gasteiger partial charge < -0.3 is 5.11 Å². The lowest BCUT2D eigenvalue weighted by Gasteiger charge is -2.27. The lowest BCUT2D eigenvalue weighted by molar-refractivity contribution is -0.130. The Balaban J connectivity index is 2.36. The summed E-state index contributed by atoms with van der Waals surface area (Å²) in [6.07, 6.45) is 0.537. The first-order valence-electron chi connectivity index (χ1n) is 5.55. The van der Waals surface area contributed by atoms with E-state index in [0.29, 0.717) is 0 Å². The highest BCUT2D eigenvalue weighted by Crippen LogP contribution is 2.23. The molecule has 6 heteroatoms. The number of aromatic nitrogens is 1. The maximum Gasteiger partial charge on any atom is 0.354 e. The van der Waals surface area contributed by atoms with Crippen molar-refractivity contribution in [1.29, 1.82) is 0 Å². The van der Waals surface area contributed by atoms with Gasteiger partial charge in [-0.25, -0.2) is 14.7 Å². The topological polar surface area (TPSA) is 87.6 Å². The fourth-order valence-corrected chi connectivity index (χ4v) is 1.91. The first-order chi connectivity index (χ1) is 8.49. The summed E-state index contributed by atoms with van der Waals surface area (Å²) in [6.45, 7) is 1.83. The molecular weight excluding hydrogens is 236 g/mol. The molecule has 1 fully saturated rings. The molecule has 0 saturated carbocycles. The predicted molar refractivity (Wildman–Crippen MR) is 62.1 cm³/mol. The zero-order valence-corrected chi connectivity index (χ0v) is 9.79. The third kappa shape index (κ3) is 2.22. The molecule has 1 aromatic rings. The maximum atomic E-state index is 11.8. The van der Waals surface area contributed by atoms with E-state index in [-0.39, 0.29) is 42.1 Å². The molecule has 0 aliphatic carbocycles. The van der Waals surface area contributed by atoms with E-state index >= 15 is 0 Å². The number of carbonyl (C=O) groups excluding carboxylic acids is 2. The monoisotopic (exact) mass is 248 g/mol. The van der Waals surface area contributed by atoms with Crippen LogP contribution in [0.2, 0.25) is 0 Å². The number of imide groups is 1. The van der Waals surface area contributed by atoms with Crippen LogP contribution in [-0.2, 0) is 9.59 Å². The van der Waals surface area contributed by atoms with Gasteiger partial charge >= 0.3 is 5.97 Å². The summed E-state index contributed by atoms with van der Waals surface area (Å²) in [4.78, 5) is 39.2. The molecule has 1 saturated heterocycles. The van der Waals surface area contributed by atoms with E-state index in [1.165, 1.54) is 18.2 Å². The summed E-state index contributed by atoms with van der Waals surface area (Å²) in [5, 5.41) is 8.83. The Kier molecular flexibility index (Phi) is 3.10. The third-order valence-electron chi connectivity index (χ3n) is 2.73. The standard InChI is InChI=1S/C12H12N2O4/c1-7-5-10(15)14(11(16)6-7)9-4-2-3-8(13-9)12(17)18/h2-4,7H,5-6H2,1H3,(H,17,18). The van der Waals surface area contributed by atoms with Gasteiger partial charge in [0.25, 0.3) is 0 Å². The van der Waals surface area contributed by atoms with Crippen LogP contribution in [0.5, 0.6) is 0 Å². The molecule has 2 heterocycles. The van der Waals surface area contributed by atoms with Crippen LogP contribution in [0.3, 0.4) is 0 Å². The highest BCUT2D eigenvalue weighted by molar-refractivity contribution is 6.16. The van der Waals surface area contributed by atoms with E-state index in [0.717, 1.165) is 4.90 Å². The second-order valence-corrected chi connectivity index (χ2v) is 4.32. The Morgan fingerprint density at radius 2 is 1.94 bits per heavy atom. The number of amides is 2. The van der Waals surface area contributed by atoms with Crippen LogP contribution in [0.25, 0.3) is 0 Å². The van der Waals surface area contributed by atoms with Crippen LogP contribution >= 0.6 is 0 Å². The molecule has 0 radical (unpaired) electrons. The molecule has 0 unspecified atom stereocenters. The van der Waals surface area contributed by atoms with Crippen LogP contribution in [-0.4, -0.2) is 27.9 Å². The Morgan fingerprint density at radius 3 is 2.50 bits per heavy atom. The van der Waals surface area contributed by atoms with Crippen molar-refractivity contribution in [2.75, 3.05) is 4.90 Å². The normalized spacial score (nSPS) is 17.1. The number of carboxylic acid groups (broad SMARTS) is 1. The maximum absolute atomic E-state index is 11.8. The van der Waals surface area contributed by atoms with Gasteiger partial charge in [-0.1, -0.05) is 13.0 Å². The summed E-state index contributed by atoms with van der Waals surface area (Å²) in [5.41, 5.74) is -0.188. The van der Waals surface area contributed by atoms with E-state index in [4.69, 9.17) is 5.11 Å². The molecule has 1 aliphatic heterocycles. The van der Waals surface area contributed by atoms with Crippen molar-refractivity contribution >= 4 is 23.6 Å². The van der Waals surface area contributed by atoms with E-state index in [9.17, 15) is 14.4 Å². The highest BCUT2D eigenvalue weighted by atomic mass is 16.4. The second kappa shape index (κ2) is 4.56. The number of nitrogens with zero attached hydrogens (tertiary/aromatic N) is 2. The lowest BCUT2D eigenvalue weighted by Crippen LogP contribution is -2.43. The van der Waals surface area contributed by atoms with Gasteiger partial charge in [-0.15, -0.1) is 0 Å². The number of hydrogen-bond acceptors (Lipinski definition) is 4. The van der Waals surface area contributed by atoms with Gasteiger partial charge in [0.2, 0.25) is 11.8 Å². The molecule has 0 atom stereocenters. The van der Waals surface area contributed by atoms with E-state index < -0.39 is 5.97 Å². The SMILES string of the molecule is CC1CC(=O)N(c2cccc(C(=O)O)n2)C(=O)C1. The molecule has 18 heavy (non-hydrogen) atoms. The zero-order chi connectivity index (χ0) is 13.3. The molecular formula is C12H12N2O4. The average Bonchev–Trinajstić information content (AvgIpc) is 2.28. The van der Waals surface area contributed by atoms with E-state index in [1.54, 1.807) is 0 Å². The minimum Gasteiger partial charge on any atom is -0.477 e. The Morgan fingerprint density at radius 1 is 1.33 bits per heavy atom. The summed E-state index contributed by atoms with van der Waals surface area (Å²) in [7, 11) is 0. The van der Waals surface area contributed by atoms with Crippen molar-refractivity contribution in [3.63, 3.8) is 0 Å². The van der Waals surface area contributed by atoms with Crippen molar-refractivity contribution in [1.82, 2.24) is 4.98 Å². The number of carbonyl (C=O) groups is 3. The van der Waals surface area contributed by atoms with Crippen molar-refractivity contribution in [3.8, 4) is 0 Å². The van der Waals surface area contributed by atoms with Crippen molar-refractivity contribution in [2.45, 2.75) is 19.8 Å². The zero-order valence-electron chi connectivity index (χ0n) is 9.79. The van der Waals surface area contributed by atoms with Crippen molar-refractivity contribution in [2.24, 2.45) is 5.92 Å². The van der Waals surface area contributed by atoms with Gasteiger partial charge in [0, 0.05) is 12.8 Å². The molecule has 94 valence electrons. The summed E-state index contributed by atoms with van der Waals surface area (Å²) < 4.78 is 0. The van der Waals surface area contributed by atoms with Gasteiger partial charge in [0.05, 0.1) is 0 Å². The second-order valence-electron chi connectivity index (χ2n) is 4.32. The predicted octanol–water partition coefficient (Wildman–Crippen LogP) is 1.07. The van der Waals surface area contributed by atoms with Crippen LogP contribution in [0.15, 0.2) is 18.2 Å². The fraction of sp³-hybridized carbons (Fsp3) is 0.333. The highest BCUT2D eigenvalue weighted by Gasteiger charge is 2.32. The first kappa shape index (κ1) is 12.2. The molecule has 2 amide bonds. The number of carboxylic acids is 1. The molecule has 0 spiro atoms. The number of rotatable bonds is 2. The number of pyridine rings is 1. The summed E-state index contributed by atoms with van der Waals surface area (Å²) in [5.74, 6) is -1.77. The van der Waals surface area contributed by atoms with Crippen molar-refractivity contribution < 1.29 is 19.5 Å². The van der Waals surface area contributed by atoms with Gasteiger partial charge in [0.15, 0.2) is 5.69 Å². The van der Waals surface area contributed by atoms with Gasteiger partial charge in [-0.05, 0) is 18.1 Å². The number of anilines is 1. The molecule has 0 bridgehead atoms. The third-order valence-corrected chi connectivity index (χ3v) is 2.73. The van der Waals surface area contributed by atoms with Gasteiger partial charge in [-0.3, -0.25) is 9.59 Å². The molecule has 2 rings (SSSR count). The molecule has 1 N–H and O–H groups in total. The number of hydrogen-bond donors (Lipinski definition) is 1. The Labute approximate surface area is 103 Å². The Hall–Kier alpha value is -2.24. The van der Waals surface area contributed by atoms with Crippen LogP contribution in [0, 0.1) is 5.92 Å². The van der Waals surface area contributed by atoms with Gasteiger partial charge in [-0.2, -0.15) is 0 Å². The van der Waals surface area contributed by atoms with Crippen LogP contribution < -0.4 is 4.90 Å². The van der Waals surface area contributed by atoms with Crippen LogP contribution in [0.4, 0.5) is 5.82 Å².